The van der Waals surface area contributed by atoms with E-state index in [2.05, 4.69) is 28.5 Å². The number of nitriles is 1. The first-order chi connectivity index (χ1) is 14.6. The van der Waals surface area contributed by atoms with Crippen LogP contribution in [-0.2, 0) is 24.2 Å². The van der Waals surface area contributed by atoms with Crippen LogP contribution in [0, 0.1) is 17.2 Å². The SMILES string of the molecule is CCC1CCc2c(sc(NC(=O)CSc3nnc(-c4ccco4)n3CC)c2C#N)C1. The average molecular weight is 442 g/mol. The fourth-order valence-electron chi connectivity index (χ4n) is 3.77. The van der Waals surface area contributed by atoms with Crippen LogP contribution in [0.15, 0.2) is 28.0 Å². The molecule has 9 heteroatoms. The monoisotopic (exact) mass is 441 g/mol. The van der Waals surface area contributed by atoms with Crippen LogP contribution in [0.3, 0.4) is 0 Å². The lowest BCUT2D eigenvalue weighted by molar-refractivity contribution is -0.113. The van der Waals surface area contributed by atoms with Crippen molar-refractivity contribution < 1.29 is 9.21 Å². The van der Waals surface area contributed by atoms with Crippen molar-refractivity contribution in [2.45, 2.75) is 51.2 Å². The van der Waals surface area contributed by atoms with Gasteiger partial charge in [0.25, 0.3) is 0 Å². The lowest BCUT2D eigenvalue weighted by Crippen LogP contribution is -2.15. The molecule has 0 spiro atoms. The van der Waals surface area contributed by atoms with Gasteiger partial charge in [-0.3, -0.25) is 9.36 Å². The minimum absolute atomic E-state index is 0.146. The van der Waals surface area contributed by atoms with Crippen LogP contribution in [0.2, 0.25) is 0 Å². The zero-order chi connectivity index (χ0) is 21.1. The number of nitrogens with zero attached hydrogens (tertiary/aromatic N) is 4. The molecule has 0 saturated carbocycles. The molecular weight excluding hydrogens is 418 g/mol. The van der Waals surface area contributed by atoms with Gasteiger partial charge >= 0.3 is 0 Å². The Kier molecular flexibility index (Phi) is 6.25. The number of thioether (sulfide) groups is 1. The van der Waals surface area contributed by atoms with Gasteiger partial charge in [0.05, 0.1) is 17.6 Å². The smallest absolute Gasteiger partial charge is 0.235 e. The van der Waals surface area contributed by atoms with Crippen LogP contribution in [0.1, 0.15) is 42.7 Å². The molecule has 4 rings (SSSR count). The molecule has 1 amide bonds. The van der Waals surface area contributed by atoms with Gasteiger partial charge in [0.1, 0.15) is 11.1 Å². The Bertz CT molecular complexity index is 1080. The molecule has 1 aliphatic carbocycles. The second kappa shape index (κ2) is 9.06. The average Bonchev–Trinajstić information content (AvgIpc) is 3.48. The van der Waals surface area contributed by atoms with E-state index in [1.165, 1.54) is 16.6 Å². The maximum absolute atomic E-state index is 12.6. The van der Waals surface area contributed by atoms with E-state index in [9.17, 15) is 10.1 Å². The Morgan fingerprint density at radius 1 is 1.47 bits per heavy atom. The minimum Gasteiger partial charge on any atom is -0.461 e. The minimum atomic E-state index is -0.146. The van der Waals surface area contributed by atoms with E-state index in [0.717, 1.165) is 31.2 Å². The molecule has 0 bridgehead atoms. The van der Waals surface area contributed by atoms with Crippen molar-refractivity contribution in [3.8, 4) is 17.7 Å². The quantitative estimate of drug-likeness (QED) is 0.532. The van der Waals surface area contributed by atoms with E-state index in [1.807, 2.05) is 17.6 Å². The molecule has 0 radical (unpaired) electrons. The maximum atomic E-state index is 12.6. The van der Waals surface area contributed by atoms with Crippen LogP contribution in [-0.4, -0.2) is 26.4 Å². The highest BCUT2D eigenvalue weighted by Gasteiger charge is 2.26. The number of hydrogen-bond acceptors (Lipinski definition) is 7. The van der Waals surface area contributed by atoms with Crippen molar-refractivity contribution >= 4 is 34.0 Å². The summed E-state index contributed by atoms with van der Waals surface area (Å²) in [6.07, 6.45) is 5.79. The van der Waals surface area contributed by atoms with Crippen LogP contribution in [0.5, 0.6) is 0 Å². The van der Waals surface area contributed by atoms with Crippen LogP contribution < -0.4 is 5.32 Å². The molecule has 7 nitrogen and oxygen atoms in total. The summed E-state index contributed by atoms with van der Waals surface area (Å²) in [4.78, 5) is 13.9. The van der Waals surface area contributed by atoms with E-state index in [-0.39, 0.29) is 11.7 Å². The lowest BCUT2D eigenvalue weighted by atomic mass is 9.86. The molecule has 0 aliphatic heterocycles. The molecule has 1 N–H and O–H groups in total. The fraction of sp³-hybridized carbons (Fsp3) is 0.429. The van der Waals surface area contributed by atoms with E-state index in [1.54, 1.807) is 23.7 Å². The van der Waals surface area contributed by atoms with Crippen molar-refractivity contribution in [1.82, 2.24) is 14.8 Å². The molecule has 30 heavy (non-hydrogen) atoms. The second-order valence-electron chi connectivity index (χ2n) is 7.20. The highest BCUT2D eigenvalue weighted by molar-refractivity contribution is 7.99. The molecule has 0 fully saturated rings. The van der Waals surface area contributed by atoms with Gasteiger partial charge < -0.3 is 9.73 Å². The number of amides is 1. The summed E-state index contributed by atoms with van der Waals surface area (Å²) >= 11 is 2.88. The van der Waals surface area contributed by atoms with Crippen molar-refractivity contribution in [2.24, 2.45) is 5.92 Å². The third kappa shape index (κ3) is 4.02. The van der Waals surface area contributed by atoms with Crippen LogP contribution >= 0.6 is 23.1 Å². The zero-order valence-corrected chi connectivity index (χ0v) is 18.6. The number of carbonyl (C=O) groups is 1. The summed E-state index contributed by atoms with van der Waals surface area (Å²) in [5.41, 5.74) is 1.77. The molecule has 156 valence electrons. The molecule has 1 unspecified atom stereocenters. The molecule has 3 heterocycles. The number of fused-ring (bicyclic) bond motifs is 1. The summed E-state index contributed by atoms with van der Waals surface area (Å²) in [7, 11) is 0. The van der Waals surface area contributed by atoms with Gasteiger partial charge in [-0.25, -0.2) is 0 Å². The maximum Gasteiger partial charge on any atom is 0.235 e. The molecule has 3 aromatic rings. The predicted octanol–water partition coefficient (Wildman–Crippen LogP) is 4.74. The highest BCUT2D eigenvalue weighted by atomic mass is 32.2. The molecular formula is C21H23N5O2S2. The summed E-state index contributed by atoms with van der Waals surface area (Å²) in [5, 5.41) is 22.4. The van der Waals surface area contributed by atoms with Gasteiger partial charge in [-0.05, 0) is 49.8 Å². The molecule has 3 aromatic heterocycles. The van der Waals surface area contributed by atoms with Gasteiger partial charge in [0.15, 0.2) is 16.7 Å². The van der Waals surface area contributed by atoms with Crippen LogP contribution in [0.4, 0.5) is 5.00 Å². The molecule has 1 aliphatic rings. The number of carbonyl (C=O) groups excluding carboxylic acids is 1. The number of anilines is 1. The summed E-state index contributed by atoms with van der Waals surface area (Å²) in [6.45, 7) is 4.88. The van der Waals surface area contributed by atoms with Gasteiger partial charge in [0, 0.05) is 11.4 Å². The Morgan fingerprint density at radius 3 is 3.03 bits per heavy atom. The molecule has 0 aromatic carbocycles. The van der Waals surface area contributed by atoms with Crippen molar-refractivity contribution in [2.75, 3.05) is 11.1 Å². The Balaban J connectivity index is 1.44. The third-order valence-corrected chi connectivity index (χ3v) is 7.55. The second-order valence-corrected chi connectivity index (χ2v) is 9.25. The van der Waals surface area contributed by atoms with Crippen LogP contribution in [0.25, 0.3) is 11.6 Å². The number of rotatable bonds is 7. The highest BCUT2D eigenvalue weighted by Crippen LogP contribution is 2.40. The summed E-state index contributed by atoms with van der Waals surface area (Å²) < 4.78 is 7.34. The van der Waals surface area contributed by atoms with E-state index < -0.39 is 0 Å². The number of thiophene rings is 1. The number of furan rings is 1. The van der Waals surface area contributed by atoms with Crippen molar-refractivity contribution in [3.63, 3.8) is 0 Å². The Hall–Kier alpha value is -2.57. The normalized spacial score (nSPS) is 15.6. The molecule has 1 atom stereocenters. The zero-order valence-electron chi connectivity index (χ0n) is 17.0. The summed E-state index contributed by atoms with van der Waals surface area (Å²) in [6, 6.07) is 5.95. The van der Waals surface area contributed by atoms with Gasteiger partial charge in [0.2, 0.25) is 5.91 Å². The van der Waals surface area contributed by atoms with E-state index in [0.29, 0.717) is 39.8 Å². The lowest BCUT2D eigenvalue weighted by Gasteiger charge is -2.20. The first kappa shape index (κ1) is 20.7. The van der Waals surface area contributed by atoms with Crippen molar-refractivity contribution in [1.29, 1.82) is 5.26 Å². The van der Waals surface area contributed by atoms with E-state index in [4.69, 9.17) is 4.42 Å². The predicted molar refractivity (Wildman–Crippen MR) is 118 cm³/mol. The topological polar surface area (TPSA) is 96.7 Å². The Morgan fingerprint density at radius 2 is 2.33 bits per heavy atom. The van der Waals surface area contributed by atoms with E-state index >= 15 is 0 Å². The fourth-order valence-corrected chi connectivity index (χ4v) is 5.90. The molecule has 0 saturated heterocycles. The van der Waals surface area contributed by atoms with Crippen molar-refractivity contribution in [3.05, 3.63) is 34.4 Å². The standard InChI is InChI=1S/C21H23N5O2S2/c1-3-13-7-8-14-15(11-22)20(30-17(14)10-13)23-18(27)12-29-21-25-24-19(26(21)4-2)16-6-5-9-28-16/h5-6,9,13H,3-4,7-8,10,12H2,1-2H3,(H,23,27). The first-order valence-electron chi connectivity index (χ1n) is 10.1. The largest absolute Gasteiger partial charge is 0.461 e. The third-order valence-electron chi connectivity index (χ3n) is 5.42. The number of nitrogens with one attached hydrogen (secondary N) is 1. The first-order valence-corrected chi connectivity index (χ1v) is 11.9. The number of aromatic nitrogens is 3. The number of hydrogen-bond donors (Lipinski definition) is 1. The van der Waals surface area contributed by atoms with Gasteiger partial charge in [-0.2, -0.15) is 5.26 Å². The van der Waals surface area contributed by atoms with Gasteiger partial charge in [-0.15, -0.1) is 21.5 Å². The Labute approximate surface area is 183 Å². The van der Waals surface area contributed by atoms with Gasteiger partial charge in [-0.1, -0.05) is 25.1 Å². The summed E-state index contributed by atoms with van der Waals surface area (Å²) in [5.74, 6) is 2.02.